The first kappa shape index (κ1) is 32.4. The molecule has 0 aliphatic heterocycles. The van der Waals surface area contributed by atoms with Gasteiger partial charge in [0.2, 0.25) is 11.8 Å². The van der Waals surface area contributed by atoms with E-state index in [-0.39, 0.29) is 30.4 Å². The summed E-state index contributed by atoms with van der Waals surface area (Å²) in [6, 6.07) is 11.6. The first-order valence-corrected chi connectivity index (χ1v) is 15.9. The van der Waals surface area contributed by atoms with Crippen LogP contribution in [-0.4, -0.2) is 59.4 Å². The summed E-state index contributed by atoms with van der Waals surface area (Å²) in [5.74, 6) is -1.08. The fourth-order valence-electron chi connectivity index (χ4n) is 5.13. The summed E-state index contributed by atoms with van der Waals surface area (Å²) in [5, 5.41) is 27.4. The normalized spacial score (nSPS) is 11.9. The second-order valence-electron chi connectivity index (χ2n) is 10.7. The Balaban J connectivity index is 1.14. The number of unbranched alkanes of at least 4 members (excludes halogenated alkanes) is 1. The Morgan fingerprint density at radius 2 is 1.89 bits per heavy atom. The number of amides is 1. The minimum Gasteiger partial charge on any atom is -0.480 e. The average Bonchev–Trinajstić information content (AvgIpc) is 3.74. The number of hydrogen-bond donors (Lipinski definition) is 5. The number of tetrazole rings is 1. The van der Waals surface area contributed by atoms with E-state index in [0.29, 0.717) is 63.4 Å². The van der Waals surface area contributed by atoms with Crippen LogP contribution < -0.4 is 16.8 Å². The number of halogens is 1. The van der Waals surface area contributed by atoms with Crippen molar-refractivity contribution in [1.82, 2.24) is 35.9 Å². The van der Waals surface area contributed by atoms with Crippen molar-refractivity contribution in [1.29, 1.82) is 0 Å². The topological polar surface area (TPSA) is 216 Å². The summed E-state index contributed by atoms with van der Waals surface area (Å²) < 4.78 is 0. The Bertz CT molecular complexity index is 1890. The van der Waals surface area contributed by atoms with Crippen molar-refractivity contribution in [2.75, 3.05) is 11.5 Å². The Hall–Kier alpha value is -4.95. The lowest BCUT2D eigenvalue weighted by molar-refractivity contribution is -0.139. The molecule has 1 atom stereocenters. The predicted molar refractivity (Wildman–Crippen MR) is 176 cm³/mol. The molecule has 0 unspecified atom stereocenters. The van der Waals surface area contributed by atoms with Gasteiger partial charge < -0.3 is 21.9 Å². The van der Waals surface area contributed by atoms with E-state index >= 15 is 0 Å². The number of aliphatic carboxylic acids is 1. The lowest BCUT2D eigenvalue weighted by Gasteiger charge is -2.14. The summed E-state index contributed by atoms with van der Waals surface area (Å²) in [6.45, 7) is 2.01. The zero-order valence-electron chi connectivity index (χ0n) is 24.9. The number of carboxylic acid groups (broad SMARTS) is 1. The zero-order valence-corrected chi connectivity index (χ0v) is 26.5. The minimum atomic E-state index is -1.14. The first-order valence-electron chi connectivity index (χ1n) is 14.7. The number of Topliss-reactive ketones (excluding diaryl/α,β-unsaturated/α-hetero) is 1. The van der Waals surface area contributed by atoms with Gasteiger partial charge in [-0.05, 0) is 72.7 Å². The highest BCUT2D eigenvalue weighted by Crippen LogP contribution is 2.32. The number of aryl methyl sites for hydroxylation is 3. The number of carboxylic acids is 1. The largest absolute Gasteiger partial charge is 0.480 e. The first-order chi connectivity index (χ1) is 22.1. The van der Waals surface area contributed by atoms with Crippen LogP contribution in [0.5, 0.6) is 0 Å². The van der Waals surface area contributed by atoms with Gasteiger partial charge in [-0.3, -0.25) is 9.59 Å². The van der Waals surface area contributed by atoms with Crippen LogP contribution in [0.3, 0.4) is 0 Å². The third-order valence-corrected chi connectivity index (χ3v) is 9.16. The molecule has 0 saturated heterocycles. The van der Waals surface area contributed by atoms with E-state index < -0.39 is 17.9 Å². The smallest absolute Gasteiger partial charge is 0.326 e. The van der Waals surface area contributed by atoms with Crippen molar-refractivity contribution in [3.8, 4) is 11.4 Å². The molecule has 3 aromatic heterocycles. The molecule has 0 spiro atoms. The van der Waals surface area contributed by atoms with E-state index in [1.807, 2.05) is 31.2 Å². The molecule has 0 bridgehead atoms. The quantitative estimate of drug-likeness (QED) is 0.0814. The number of benzene rings is 2. The lowest BCUT2D eigenvalue weighted by Crippen LogP contribution is -2.40. The lowest BCUT2D eigenvalue weighted by atomic mass is 9.96. The van der Waals surface area contributed by atoms with Gasteiger partial charge in [0.25, 0.3) is 5.91 Å². The number of nitrogen functional groups attached to an aromatic ring is 2. The number of nitrogens with two attached hydrogens (primary N) is 2. The van der Waals surface area contributed by atoms with Gasteiger partial charge in [-0.1, -0.05) is 43.1 Å². The van der Waals surface area contributed by atoms with Gasteiger partial charge in [-0.25, -0.2) is 9.78 Å². The summed E-state index contributed by atoms with van der Waals surface area (Å²) >= 11 is 7.89. The van der Waals surface area contributed by atoms with E-state index in [9.17, 15) is 19.5 Å². The Kier molecular flexibility index (Phi) is 10.2. The predicted octanol–water partition coefficient (Wildman–Crippen LogP) is 4.66. The van der Waals surface area contributed by atoms with Crippen LogP contribution in [0.1, 0.15) is 68.6 Å². The second-order valence-corrected chi connectivity index (χ2v) is 12.2. The summed E-state index contributed by atoms with van der Waals surface area (Å²) in [4.78, 5) is 47.4. The number of thiophene rings is 1. The number of H-pyrrole nitrogens is 1. The van der Waals surface area contributed by atoms with Crippen LogP contribution in [0.4, 0.5) is 11.8 Å². The van der Waals surface area contributed by atoms with E-state index in [4.69, 9.17) is 23.1 Å². The summed E-state index contributed by atoms with van der Waals surface area (Å²) in [5.41, 5.74) is 15.2. The molecule has 5 rings (SSSR count). The molecule has 13 nitrogen and oxygen atoms in total. The minimum absolute atomic E-state index is 0.0724. The number of rotatable bonds is 14. The molecule has 5 aromatic rings. The van der Waals surface area contributed by atoms with Crippen LogP contribution in [0.25, 0.3) is 22.3 Å². The number of aromatic amines is 1. The molecular formula is C31H32ClN9O4S. The number of carbonyl (C=O) groups excluding carboxylic acids is 2. The van der Waals surface area contributed by atoms with Crippen molar-refractivity contribution in [2.45, 2.75) is 57.9 Å². The maximum absolute atomic E-state index is 13.1. The molecule has 1 amide bonds. The SMILES string of the molecule is CCc1ccc(C(=O)CCCC[C@H](NC(=O)c2ccc(CCc3ccc4nc(N)nc(N)c4c3Cl)s2)C(=O)O)c(-c2nn[nH]n2)c1. The van der Waals surface area contributed by atoms with E-state index in [1.165, 1.54) is 11.3 Å². The molecule has 0 aliphatic rings. The van der Waals surface area contributed by atoms with Crippen molar-refractivity contribution in [2.24, 2.45) is 0 Å². The molecule has 0 radical (unpaired) electrons. The Labute approximate surface area is 272 Å². The third kappa shape index (κ3) is 7.46. The molecule has 0 aliphatic carbocycles. The van der Waals surface area contributed by atoms with Gasteiger partial charge in [0, 0.05) is 22.4 Å². The van der Waals surface area contributed by atoms with Crippen LogP contribution in [-0.2, 0) is 24.1 Å². The molecule has 0 saturated carbocycles. The van der Waals surface area contributed by atoms with Crippen molar-refractivity contribution in [3.05, 3.63) is 73.9 Å². The third-order valence-electron chi connectivity index (χ3n) is 7.58. The van der Waals surface area contributed by atoms with Crippen molar-refractivity contribution < 1.29 is 19.5 Å². The van der Waals surface area contributed by atoms with Crippen molar-refractivity contribution in [3.63, 3.8) is 0 Å². The Morgan fingerprint density at radius 3 is 2.63 bits per heavy atom. The monoisotopic (exact) mass is 661 g/mol. The number of nitrogens with zero attached hydrogens (tertiary/aromatic N) is 5. The highest BCUT2D eigenvalue weighted by Gasteiger charge is 2.22. The van der Waals surface area contributed by atoms with Gasteiger partial charge in [0.15, 0.2) is 5.78 Å². The number of ketones is 1. The van der Waals surface area contributed by atoms with Gasteiger partial charge in [-0.15, -0.1) is 21.5 Å². The van der Waals surface area contributed by atoms with Gasteiger partial charge in [-0.2, -0.15) is 10.2 Å². The van der Waals surface area contributed by atoms with Gasteiger partial charge in [0.05, 0.1) is 20.8 Å². The number of hydrogen-bond acceptors (Lipinski definition) is 11. The molecule has 2 aromatic carbocycles. The van der Waals surface area contributed by atoms with Crippen LogP contribution >= 0.6 is 22.9 Å². The molecular weight excluding hydrogens is 630 g/mol. The fourth-order valence-corrected chi connectivity index (χ4v) is 6.39. The number of fused-ring (bicyclic) bond motifs is 1. The number of anilines is 2. The van der Waals surface area contributed by atoms with Crippen molar-refractivity contribution >= 4 is 63.3 Å². The molecule has 7 N–H and O–H groups in total. The highest BCUT2D eigenvalue weighted by molar-refractivity contribution is 7.14. The number of nitrogens with one attached hydrogen (secondary N) is 2. The van der Waals surface area contributed by atoms with E-state index in [2.05, 4.69) is 35.9 Å². The van der Waals surface area contributed by atoms with E-state index in [0.717, 1.165) is 22.4 Å². The summed E-state index contributed by atoms with van der Waals surface area (Å²) in [7, 11) is 0. The van der Waals surface area contributed by atoms with Gasteiger partial charge in [0.1, 0.15) is 11.9 Å². The standard InChI is InChI=1S/C31H32ClN9O4S/c1-2-16-7-12-19(20(15-16)28-38-40-41-39-28)23(42)6-4-3-5-22(30(44)45)35-29(43)24-14-11-18(46-24)10-8-17-9-13-21-25(26(17)32)27(33)37-31(34)36-21/h7,9,11-15,22H,2-6,8,10H2,1H3,(H,35,43)(H,44,45)(H4,33,34,36,37)(H,38,39,40,41)/t22-/m0/s1. The number of aromatic nitrogens is 6. The van der Waals surface area contributed by atoms with Crippen LogP contribution in [0, 0.1) is 0 Å². The fraction of sp³-hybridized carbons (Fsp3) is 0.290. The highest BCUT2D eigenvalue weighted by atomic mass is 35.5. The van der Waals surface area contributed by atoms with Crippen LogP contribution in [0.15, 0.2) is 42.5 Å². The maximum atomic E-state index is 13.1. The summed E-state index contributed by atoms with van der Waals surface area (Å²) in [6.07, 6.45) is 3.24. The molecule has 3 heterocycles. The second kappa shape index (κ2) is 14.4. The molecule has 238 valence electrons. The molecule has 15 heteroatoms. The van der Waals surface area contributed by atoms with Gasteiger partial charge >= 0.3 is 5.97 Å². The van der Waals surface area contributed by atoms with E-state index in [1.54, 1.807) is 18.2 Å². The zero-order chi connectivity index (χ0) is 32.8. The molecule has 0 fully saturated rings. The number of carbonyl (C=O) groups is 3. The Morgan fingerprint density at radius 1 is 1.07 bits per heavy atom. The maximum Gasteiger partial charge on any atom is 0.326 e. The molecule has 46 heavy (non-hydrogen) atoms. The van der Waals surface area contributed by atoms with Crippen LogP contribution in [0.2, 0.25) is 5.02 Å². The average molecular weight is 662 g/mol.